The van der Waals surface area contributed by atoms with Gasteiger partial charge in [0, 0.05) is 6.04 Å². The van der Waals surface area contributed by atoms with Gasteiger partial charge < -0.3 is 15.2 Å². The molecular weight excluding hydrogens is 218 g/mol. The van der Waals surface area contributed by atoms with Gasteiger partial charge in [0.25, 0.3) is 0 Å². The zero-order chi connectivity index (χ0) is 12.8. The molecule has 1 rings (SSSR count). The molecule has 0 bridgehead atoms. The number of methoxy groups -OCH3 is 1. The van der Waals surface area contributed by atoms with Gasteiger partial charge in [0.15, 0.2) is 0 Å². The van der Waals surface area contributed by atoms with E-state index in [2.05, 4.69) is 0 Å². The number of carbonyl (C=O) groups is 1. The molecule has 2 atom stereocenters. The third-order valence-corrected chi connectivity index (χ3v) is 2.68. The monoisotopic (exact) mass is 237 g/mol. The van der Waals surface area contributed by atoms with Crippen LogP contribution < -0.4 is 10.5 Å². The summed E-state index contributed by atoms with van der Waals surface area (Å²) in [6.45, 7) is 3.79. The molecule has 0 aromatic heterocycles. The maximum Gasteiger partial charge on any atom is 0.310 e. The molecule has 0 spiro atoms. The minimum Gasteiger partial charge on any atom is -0.497 e. The SMILES string of the molecule is COc1cccc(COC(=O)C(C)C(C)N)c1. The standard InChI is InChI=1S/C13H19NO3/c1-9(10(2)14)13(15)17-8-11-5-4-6-12(7-11)16-3/h4-7,9-10H,8,14H2,1-3H3. The maximum atomic E-state index is 11.6. The smallest absolute Gasteiger partial charge is 0.310 e. The van der Waals surface area contributed by atoms with E-state index in [1.165, 1.54) is 0 Å². The van der Waals surface area contributed by atoms with Gasteiger partial charge in [-0.3, -0.25) is 4.79 Å². The Balaban J connectivity index is 2.52. The van der Waals surface area contributed by atoms with Crippen LogP contribution in [0.4, 0.5) is 0 Å². The average Bonchev–Trinajstić information content (AvgIpc) is 2.35. The summed E-state index contributed by atoms with van der Waals surface area (Å²) >= 11 is 0. The summed E-state index contributed by atoms with van der Waals surface area (Å²) in [6, 6.07) is 7.22. The lowest BCUT2D eigenvalue weighted by atomic mass is 10.1. The Hall–Kier alpha value is -1.55. The molecule has 94 valence electrons. The van der Waals surface area contributed by atoms with E-state index in [1.54, 1.807) is 21.0 Å². The fourth-order valence-electron chi connectivity index (χ4n) is 1.26. The van der Waals surface area contributed by atoms with E-state index in [0.29, 0.717) is 0 Å². The Morgan fingerprint density at radius 3 is 2.71 bits per heavy atom. The number of carbonyl (C=O) groups excluding carboxylic acids is 1. The summed E-state index contributed by atoms with van der Waals surface area (Å²) in [5.74, 6) is 0.183. The molecule has 0 saturated heterocycles. The van der Waals surface area contributed by atoms with Crippen LogP contribution in [0.15, 0.2) is 24.3 Å². The minimum absolute atomic E-state index is 0.201. The summed E-state index contributed by atoms with van der Waals surface area (Å²) in [7, 11) is 1.60. The molecule has 4 heteroatoms. The van der Waals surface area contributed by atoms with E-state index in [-0.39, 0.29) is 24.5 Å². The van der Waals surface area contributed by atoms with E-state index >= 15 is 0 Å². The zero-order valence-corrected chi connectivity index (χ0v) is 10.5. The van der Waals surface area contributed by atoms with E-state index < -0.39 is 0 Å². The molecule has 0 fully saturated rings. The van der Waals surface area contributed by atoms with Gasteiger partial charge in [-0.25, -0.2) is 0 Å². The van der Waals surface area contributed by atoms with Crippen molar-refractivity contribution in [1.82, 2.24) is 0 Å². The summed E-state index contributed by atoms with van der Waals surface area (Å²) in [4.78, 5) is 11.6. The first-order valence-electron chi connectivity index (χ1n) is 5.59. The number of rotatable bonds is 5. The molecule has 1 aromatic rings. The van der Waals surface area contributed by atoms with Crippen LogP contribution in [0.1, 0.15) is 19.4 Å². The first-order valence-corrected chi connectivity index (χ1v) is 5.59. The van der Waals surface area contributed by atoms with Crippen LogP contribution >= 0.6 is 0 Å². The Labute approximate surface area is 102 Å². The summed E-state index contributed by atoms with van der Waals surface area (Å²) in [5, 5.41) is 0. The molecule has 17 heavy (non-hydrogen) atoms. The van der Waals surface area contributed by atoms with Crippen molar-refractivity contribution in [2.24, 2.45) is 11.7 Å². The molecule has 0 amide bonds. The maximum absolute atomic E-state index is 11.6. The predicted octanol–water partition coefficient (Wildman–Crippen LogP) is 1.72. The Morgan fingerprint density at radius 1 is 1.41 bits per heavy atom. The van der Waals surface area contributed by atoms with Crippen LogP contribution in [0, 0.1) is 5.92 Å². The summed E-state index contributed by atoms with van der Waals surface area (Å²) < 4.78 is 10.3. The third kappa shape index (κ3) is 4.07. The molecule has 0 radical (unpaired) electrons. The second kappa shape index (κ2) is 6.25. The van der Waals surface area contributed by atoms with Gasteiger partial charge in [-0.15, -0.1) is 0 Å². The van der Waals surface area contributed by atoms with Crippen molar-refractivity contribution in [3.05, 3.63) is 29.8 Å². The van der Waals surface area contributed by atoms with Crippen molar-refractivity contribution < 1.29 is 14.3 Å². The highest BCUT2D eigenvalue weighted by Gasteiger charge is 2.18. The molecule has 1 aromatic carbocycles. The van der Waals surface area contributed by atoms with Crippen LogP contribution in [-0.4, -0.2) is 19.1 Å². The summed E-state index contributed by atoms with van der Waals surface area (Å²) in [5.41, 5.74) is 6.53. The molecule has 0 aliphatic rings. The molecule has 0 aliphatic heterocycles. The molecule has 2 unspecified atom stereocenters. The highest BCUT2D eigenvalue weighted by atomic mass is 16.5. The van der Waals surface area contributed by atoms with Gasteiger partial charge in [0.2, 0.25) is 0 Å². The quantitative estimate of drug-likeness (QED) is 0.792. The van der Waals surface area contributed by atoms with Crippen molar-refractivity contribution in [3.8, 4) is 5.75 Å². The number of ether oxygens (including phenoxy) is 2. The molecule has 2 N–H and O–H groups in total. The van der Waals surface area contributed by atoms with Crippen molar-refractivity contribution in [1.29, 1.82) is 0 Å². The first-order chi connectivity index (χ1) is 8.04. The van der Waals surface area contributed by atoms with E-state index in [4.69, 9.17) is 15.2 Å². The number of hydrogen-bond acceptors (Lipinski definition) is 4. The minimum atomic E-state index is -0.291. The Bertz CT molecular complexity index is 377. The second-order valence-electron chi connectivity index (χ2n) is 4.11. The van der Waals surface area contributed by atoms with Crippen molar-refractivity contribution in [2.75, 3.05) is 7.11 Å². The molecule has 0 heterocycles. The molecule has 0 aliphatic carbocycles. The van der Waals surface area contributed by atoms with Gasteiger partial charge in [0.1, 0.15) is 12.4 Å². The molecular formula is C13H19NO3. The van der Waals surface area contributed by atoms with Gasteiger partial charge in [-0.05, 0) is 24.6 Å². The normalized spacial score (nSPS) is 13.9. The Kier molecular flexibility index (Phi) is 4.97. The average molecular weight is 237 g/mol. The first kappa shape index (κ1) is 13.5. The van der Waals surface area contributed by atoms with Crippen molar-refractivity contribution in [3.63, 3.8) is 0 Å². The fourth-order valence-corrected chi connectivity index (χ4v) is 1.26. The lowest BCUT2D eigenvalue weighted by Crippen LogP contribution is -2.31. The predicted molar refractivity (Wildman–Crippen MR) is 65.6 cm³/mol. The topological polar surface area (TPSA) is 61.5 Å². The van der Waals surface area contributed by atoms with Gasteiger partial charge in [-0.1, -0.05) is 19.1 Å². The number of nitrogens with two attached hydrogens (primary N) is 1. The van der Waals surface area contributed by atoms with Crippen LogP contribution in [0.5, 0.6) is 5.75 Å². The van der Waals surface area contributed by atoms with Crippen LogP contribution in [0.3, 0.4) is 0 Å². The highest BCUT2D eigenvalue weighted by molar-refractivity contribution is 5.72. The lowest BCUT2D eigenvalue weighted by Gasteiger charge is -2.14. The van der Waals surface area contributed by atoms with Gasteiger partial charge >= 0.3 is 5.97 Å². The largest absolute Gasteiger partial charge is 0.497 e. The number of benzene rings is 1. The van der Waals surface area contributed by atoms with Crippen LogP contribution in [0.25, 0.3) is 0 Å². The lowest BCUT2D eigenvalue weighted by molar-refractivity contribution is -0.149. The van der Waals surface area contributed by atoms with Gasteiger partial charge in [-0.2, -0.15) is 0 Å². The van der Waals surface area contributed by atoms with Crippen LogP contribution in [-0.2, 0) is 16.1 Å². The van der Waals surface area contributed by atoms with Crippen molar-refractivity contribution in [2.45, 2.75) is 26.5 Å². The van der Waals surface area contributed by atoms with E-state index in [9.17, 15) is 4.79 Å². The zero-order valence-electron chi connectivity index (χ0n) is 10.5. The third-order valence-electron chi connectivity index (χ3n) is 2.68. The van der Waals surface area contributed by atoms with E-state index in [1.807, 2.05) is 24.3 Å². The Morgan fingerprint density at radius 2 is 2.12 bits per heavy atom. The van der Waals surface area contributed by atoms with E-state index in [0.717, 1.165) is 11.3 Å². The summed E-state index contributed by atoms with van der Waals surface area (Å²) in [6.07, 6.45) is 0. The molecule has 4 nitrogen and oxygen atoms in total. The molecule has 0 saturated carbocycles. The number of hydrogen-bond donors (Lipinski definition) is 1. The second-order valence-corrected chi connectivity index (χ2v) is 4.11. The van der Waals surface area contributed by atoms with Crippen LogP contribution in [0.2, 0.25) is 0 Å². The van der Waals surface area contributed by atoms with Crippen molar-refractivity contribution >= 4 is 5.97 Å². The fraction of sp³-hybridized carbons (Fsp3) is 0.462. The van der Waals surface area contributed by atoms with Gasteiger partial charge in [0.05, 0.1) is 13.0 Å². The highest BCUT2D eigenvalue weighted by Crippen LogP contribution is 2.14. The number of esters is 1.